The van der Waals surface area contributed by atoms with Crippen LogP contribution in [0.1, 0.15) is 15.9 Å². The number of benzene rings is 1. The van der Waals surface area contributed by atoms with E-state index < -0.39 is 7.12 Å². The van der Waals surface area contributed by atoms with Crippen LogP contribution < -0.4 is 15.7 Å². The SMILES string of the molecule is CN(C)c1ncccc1C(=O)Nc1ccc2c(c1)B(O)OCC2. The molecule has 2 N–H and O–H groups in total. The van der Waals surface area contributed by atoms with Gasteiger partial charge in [0.05, 0.1) is 5.56 Å². The van der Waals surface area contributed by atoms with Gasteiger partial charge in [0.15, 0.2) is 0 Å². The van der Waals surface area contributed by atoms with E-state index in [1.807, 2.05) is 26.2 Å². The molecule has 0 bridgehead atoms. The highest BCUT2D eigenvalue weighted by Gasteiger charge is 2.25. The third kappa shape index (κ3) is 3.20. The van der Waals surface area contributed by atoms with Crippen molar-refractivity contribution in [3.63, 3.8) is 0 Å². The largest absolute Gasteiger partial charge is 0.491 e. The van der Waals surface area contributed by atoms with Crippen LogP contribution in [0.5, 0.6) is 0 Å². The molecule has 0 saturated heterocycles. The minimum atomic E-state index is -0.939. The van der Waals surface area contributed by atoms with E-state index in [2.05, 4.69) is 10.3 Å². The number of pyridine rings is 1. The van der Waals surface area contributed by atoms with Gasteiger partial charge in [-0.25, -0.2) is 4.98 Å². The smallest absolute Gasteiger partial charge is 0.423 e. The van der Waals surface area contributed by atoms with Crippen molar-refractivity contribution in [3.05, 3.63) is 47.7 Å². The summed E-state index contributed by atoms with van der Waals surface area (Å²) in [6, 6.07) is 8.95. The molecule has 0 saturated carbocycles. The summed E-state index contributed by atoms with van der Waals surface area (Å²) in [5, 5.41) is 12.8. The summed E-state index contributed by atoms with van der Waals surface area (Å²) in [7, 11) is 2.74. The van der Waals surface area contributed by atoms with Crippen LogP contribution in [-0.4, -0.2) is 43.7 Å². The highest BCUT2D eigenvalue weighted by Crippen LogP contribution is 2.18. The normalized spacial score (nSPS) is 13.4. The Bertz CT molecular complexity index is 736. The fourth-order valence-corrected chi connectivity index (χ4v) is 2.63. The average Bonchev–Trinajstić information content (AvgIpc) is 2.55. The number of aromatic nitrogens is 1. The molecular weight excluding hydrogens is 293 g/mol. The number of hydrogen-bond donors (Lipinski definition) is 2. The topological polar surface area (TPSA) is 74.7 Å². The van der Waals surface area contributed by atoms with E-state index in [1.165, 1.54) is 0 Å². The summed E-state index contributed by atoms with van der Waals surface area (Å²) < 4.78 is 5.23. The van der Waals surface area contributed by atoms with E-state index >= 15 is 0 Å². The molecule has 0 fully saturated rings. The number of hydrogen-bond acceptors (Lipinski definition) is 5. The molecule has 1 amide bonds. The predicted molar refractivity (Wildman–Crippen MR) is 90.2 cm³/mol. The molecule has 23 heavy (non-hydrogen) atoms. The Morgan fingerprint density at radius 3 is 3.00 bits per heavy atom. The molecule has 1 aromatic heterocycles. The zero-order chi connectivity index (χ0) is 16.4. The fraction of sp³-hybridized carbons (Fsp3) is 0.250. The number of nitrogens with one attached hydrogen (secondary N) is 1. The van der Waals surface area contributed by atoms with Gasteiger partial charge in [-0.1, -0.05) is 6.07 Å². The van der Waals surface area contributed by atoms with Gasteiger partial charge in [-0.2, -0.15) is 0 Å². The summed E-state index contributed by atoms with van der Waals surface area (Å²) in [6.45, 7) is 0.502. The summed E-state index contributed by atoms with van der Waals surface area (Å²) in [4.78, 5) is 18.5. The molecule has 6 nitrogen and oxygen atoms in total. The zero-order valence-corrected chi connectivity index (χ0v) is 13.1. The molecule has 1 aromatic carbocycles. The maximum Gasteiger partial charge on any atom is 0.491 e. The zero-order valence-electron chi connectivity index (χ0n) is 13.1. The first-order valence-electron chi connectivity index (χ1n) is 7.42. The van der Waals surface area contributed by atoms with Gasteiger partial charge in [0, 0.05) is 32.6 Å². The minimum Gasteiger partial charge on any atom is -0.423 e. The van der Waals surface area contributed by atoms with E-state index in [1.54, 1.807) is 29.3 Å². The fourth-order valence-electron chi connectivity index (χ4n) is 2.63. The number of fused-ring (bicyclic) bond motifs is 1. The Hall–Kier alpha value is -2.38. The molecule has 7 heteroatoms. The van der Waals surface area contributed by atoms with Gasteiger partial charge in [-0.3, -0.25) is 4.79 Å². The van der Waals surface area contributed by atoms with E-state index in [4.69, 9.17) is 4.65 Å². The van der Waals surface area contributed by atoms with Gasteiger partial charge in [0.2, 0.25) is 0 Å². The number of nitrogens with zero attached hydrogens (tertiary/aromatic N) is 2. The molecule has 0 radical (unpaired) electrons. The first-order chi connectivity index (χ1) is 11.1. The molecule has 0 atom stereocenters. The van der Waals surface area contributed by atoms with Crippen molar-refractivity contribution >= 4 is 30.0 Å². The third-order valence-electron chi connectivity index (χ3n) is 3.77. The number of carbonyl (C=O) groups is 1. The molecule has 2 aromatic rings. The molecule has 118 valence electrons. The van der Waals surface area contributed by atoms with Crippen molar-refractivity contribution in [2.45, 2.75) is 6.42 Å². The van der Waals surface area contributed by atoms with Crippen LogP contribution in [0, 0.1) is 0 Å². The van der Waals surface area contributed by atoms with Crippen molar-refractivity contribution in [2.75, 3.05) is 30.9 Å². The predicted octanol–water partition coefficient (Wildman–Crippen LogP) is 0.660. The number of carbonyl (C=O) groups excluding carboxylic acids is 1. The maximum atomic E-state index is 12.5. The summed E-state index contributed by atoms with van der Waals surface area (Å²) in [5.41, 5.74) is 2.85. The molecular formula is C16H18BN3O3. The van der Waals surface area contributed by atoms with Gasteiger partial charge in [-0.15, -0.1) is 0 Å². The Labute approximate surface area is 135 Å². The molecule has 1 aliphatic heterocycles. The molecule has 1 aliphatic rings. The van der Waals surface area contributed by atoms with Crippen LogP contribution in [0.3, 0.4) is 0 Å². The van der Waals surface area contributed by atoms with E-state index in [0.717, 1.165) is 12.0 Å². The average molecular weight is 311 g/mol. The van der Waals surface area contributed by atoms with E-state index in [0.29, 0.717) is 29.1 Å². The van der Waals surface area contributed by atoms with Crippen LogP contribution >= 0.6 is 0 Å². The maximum absolute atomic E-state index is 12.5. The van der Waals surface area contributed by atoms with E-state index in [9.17, 15) is 9.82 Å². The second-order valence-corrected chi connectivity index (χ2v) is 5.61. The molecule has 3 rings (SSSR count). The Kier molecular flexibility index (Phi) is 4.32. The molecule has 0 unspecified atom stereocenters. The number of rotatable bonds is 3. The van der Waals surface area contributed by atoms with Crippen LogP contribution in [0.25, 0.3) is 0 Å². The lowest BCUT2D eigenvalue weighted by Crippen LogP contribution is -2.41. The molecule has 0 spiro atoms. The van der Waals surface area contributed by atoms with Gasteiger partial charge < -0.3 is 19.9 Å². The van der Waals surface area contributed by atoms with Crippen molar-refractivity contribution in [1.82, 2.24) is 4.98 Å². The highest BCUT2D eigenvalue weighted by molar-refractivity contribution is 6.61. The van der Waals surface area contributed by atoms with Gasteiger partial charge >= 0.3 is 7.12 Å². The number of anilines is 2. The van der Waals surface area contributed by atoms with Crippen molar-refractivity contribution in [3.8, 4) is 0 Å². The summed E-state index contributed by atoms with van der Waals surface area (Å²) in [5.74, 6) is 0.360. The first kappa shape index (κ1) is 15.5. The standard InChI is InChI=1S/C16H18BN3O3/c1-20(2)15-13(4-3-8-18-15)16(21)19-12-6-5-11-7-9-23-17(22)14(11)10-12/h3-6,8,10,22H,7,9H2,1-2H3,(H,19,21). The Balaban J connectivity index is 1.85. The summed E-state index contributed by atoms with van der Waals surface area (Å²) in [6.07, 6.45) is 2.41. The number of amides is 1. The van der Waals surface area contributed by atoms with E-state index in [-0.39, 0.29) is 5.91 Å². The lowest BCUT2D eigenvalue weighted by Gasteiger charge is -2.20. The monoisotopic (exact) mass is 311 g/mol. The second kappa shape index (κ2) is 6.40. The Morgan fingerprint density at radius 1 is 1.39 bits per heavy atom. The quantitative estimate of drug-likeness (QED) is 0.815. The summed E-state index contributed by atoms with van der Waals surface area (Å²) >= 11 is 0. The lowest BCUT2D eigenvalue weighted by molar-refractivity contribution is 0.102. The van der Waals surface area contributed by atoms with Crippen molar-refractivity contribution in [1.29, 1.82) is 0 Å². The first-order valence-corrected chi connectivity index (χ1v) is 7.42. The minimum absolute atomic E-state index is 0.243. The molecule has 2 heterocycles. The third-order valence-corrected chi connectivity index (χ3v) is 3.77. The van der Waals surface area contributed by atoms with Crippen LogP contribution in [0.4, 0.5) is 11.5 Å². The van der Waals surface area contributed by atoms with Gasteiger partial charge in [-0.05, 0) is 41.7 Å². The van der Waals surface area contributed by atoms with Crippen molar-refractivity contribution < 1.29 is 14.5 Å². The van der Waals surface area contributed by atoms with Gasteiger partial charge in [0.1, 0.15) is 5.82 Å². The molecule has 0 aliphatic carbocycles. The van der Waals surface area contributed by atoms with Crippen molar-refractivity contribution in [2.24, 2.45) is 0 Å². The van der Waals surface area contributed by atoms with Crippen LogP contribution in [-0.2, 0) is 11.1 Å². The highest BCUT2D eigenvalue weighted by atomic mass is 16.5. The lowest BCUT2D eigenvalue weighted by atomic mass is 9.73. The van der Waals surface area contributed by atoms with Gasteiger partial charge in [0.25, 0.3) is 5.91 Å². The Morgan fingerprint density at radius 2 is 2.22 bits per heavy atom. The van der Waals surface area contributed by atoms with Crippen LogP contribution in [0.15, 0.2) is 36.5 Å². The second-order valence-electron chi connectivity index (χ2n) is 5.61. The van der Waals surface area contributed by atoms with Crippen LogP contribution in [0.2, 0.25) is 0 Å².